The lowest BCUT2D eigenvalue weighted by molar-refractivity contribution is 0.00578. The highest BCUT2D eigenvalue weighted by molar-refractivity contribution is 6.61. The van der Waals surface area contributed by atoms with Gasteiger partial charge in [-0.2, -0.15) is 5.10 Å². The van der Waals surface area contributed by atoms with Gasteiger partial charge in [0.15, 0.2) is 11.6 Å². The molecule has 1 aliphatic rings. The summed E-state index contributed by atoms with van der Waals surface area (Å²) in [7, 11) is 0.999. The molecule has 0 atom stereocenters. The second-order valence-corrected chi connectivity index (χ2v) is 7.03. The highest BCUT2D eigenvalue weighted by Crippen LogP contribution is 2.36. The number of hydrogen-bond donors (Lipinski definition) is 0. The first-order valence-corrected chi connectivity index (χ1v) is 7.92. The molecule has 1 aromatic heterocycles. The summed E-state index contributed by atoms with van der Waals surface area (Å²) >= 11 is 0. The molecule has 128 valence electrons. The SMILES string of the molecule is COc1ccc(Cn2cc(B3OC(C)(C)C(C)(C)O3)cn2)cc1F. The van der Waals surface area contributed by atoms with E-state index < -0.39 is 18.3 Å². The maximum atomic E-state index is 13.8. The minimum absolute atomic E-state index is 0.233. The van der Waals surface area contributed by atoms with Crippen LogP contribution in [0.1, 0.15) is 33.3 Å². The zero-order chi connectivity index (χ0) is 17.5. The molecule has 0 amide bonds. The molecule has 0 saturated carbocycles. The van der Waals surface area contributed by atoms with Crippen molar-refractivity contribution in [2.75, 3.05) is 7.11 Å². The van der Waals surface area contributed by atoms with Crippen LogP contribution in [0.4, 0.5) is 4.39 Å². The van der Waals surface area contributed by atoms with Crippen LogP contribution in [0.25, 0.3) is 0 Å². The summed E-state index contributed by atoms with van der Waals surface area (Å²) in [4.78, 5) is 0. The molecule has 0 N–H and O–H groups in total. The number of halogens is 1. The Morgan fingerprint density at radius 3 is 2.46 bits per heavy atom. The summed E-state index contributed by atoms with van der Waals surface area (Å²) in [5, 5.41) is 4.33. The van der Waals surface area contributed by atoms with Crippen LogP contribution < -0.4 is 10.2 Å². The molecule has 5 nitrogen and oxygen atoms in total. The molecule has 1 aromatic carbocycles. The molecule has 0 unspecified atom stereocenters. The highest BCUT2D eigenvalue weighted by atomic mass is 19.1. The molecular weight excluding hydrogens is 310 g/mol. The van der Waals surface area contributed by atoms with Gasteiger partial charge >= 0.3 is 7.12 Å². The van der Waals surface area contributed by atoms with Crippen molar-refractivity contribution in [3.63, 3.8) is 0 Å². The Bertz CT molecular complexity index is 729. The van der Waals surface area contributed by atoms with Gasteiger partial charge in [0.25, 0.3) is 0 Å². The number of aromatic nitrogens is 2. The van der Waals surface area contributed by atoms with E-state index in [0.717, 1.165) is 11.0 Å². The summed E-state index contributed by atoms with van der Waals surface area (Å²) in [6.45, 7) is 8.50. The Kier molecular flexibility index (Phi) is 4.17. The lowest BCUT2D eigenvalue weighted by Gasteiger charge is -2.32. The van der Waals surface area contributed by atoms with Gasteiger partial charge in [-0.1, -0.05) is 6.07 Å². The lowest BCUT2D eigenvalue weighted by atomic mass is 9.82. The average Bonchev–Trinajstić information content (AvgIpc) is 3.02. The van der Waals surface area contributed by atoms with E-state index in [4.69, 9.17) is 14.0 Å². The lowest BCUT2D eigenvalue weighted by Crippen LogP contribution is -2.41. The van der Waals surface area contributed by atoms with Crippen LogP contribution in [0.15, 0.2) is 30.6 Å². The van der Waals surface area contributed by atoms with Crippen molar-refractivity contribution in [3.05, 3.63) is 42.0 Å². The quantitative estimate of drug-likeness (QED) is 0.807. The molecule has 0 radical (unpaired) electrons. The molecule has 7 heteroatoms. The van der Waals surface area contributed by atoms with E-state index in [2.05, 4.69) is 5.10 Å². The van der Waals surface area contributed by atoms with Crippen LogP contribution in [0.2, 0.25) is 0 Å². The van der Waals surface area contributed by atoms with E-state index in [9.17, 15) is 4.39 Å². The first-order valence-electron chi connectivity index (χ1n) is 7.92. The Morgan fingerprint density at radius 1 is 1.21 bits per heavy atom. The Labute approximate surface area is 141 Å². The van der Waals surface area contributed by atoms with Crippen LogP contribution in [-0.4, -0.2) is 35.2 Å². The molecule has 1 saturated heterocycles. The van der Waals surface area contributed by atoms with Crippen molar-refractivity contribution in [3.8, 4) is 5.75 Å². The molecule has 2 aromatic rings. The van der Waals surface area contributed by atoms with Crippen molar-refractivity contribution < 1.29 is 18.4 Å². The van der Waals surface area contributed by atoms with Crippen molar-refractivity contribution in [1.82, 2.24) is 9.78 Å². The normalized spacial score (nSPS) is 18.8. The minimum Gasteiger partial charge on any atom is -0.494 e. The zero-order valence-corrected chi connectivity index (χ0v) is 14.7. The van der Waals surface area contributed by atoms with Crippen LogP contribution in [-0.2, 0) is 15.9 Å². The number of hydrogen-bond acceptors (Lipinski definition) is 4. The predicted octanol–water partition coefficient (Wildman–Crippen LogP) is 2.38. The number of rotatable bonds is 4. The Balaban J connectivity index is 1.74. The van der Waals surface area contributed by atoms with E-state index in [-0.39, 0.29) is 11.6 Å². The molecule has 0 spiro atoms. The zero-order valence-electron chi connectivity index (χ0n) is 14.7. The van der Waals surface area contributed by atoms with E-state index in [1.165, 1.54) is 13.2 Å². The summed E-state index contributed by atoms with van der Waals surface area (Å²) in [6.07, 6.45) is 3.59. The molecule has 0 bridgehead atoms. The number of methoxy groups -OCH3 is 1. The minimum atomic E-state index is -0.448. The fourth-order valence-electron chi connectivity index (χ4n) is 2.56. The molecule has 24 heavy (non-hydrogen) atoms. The number of benzene rings is 1. The predicted molar refractivity (Wildman–Crippen MR) is 90.0 cm³/mol. The second kappa shape index (κ2) is 5.90. The summed E-state index contributed by atoms with van der Waals surface area (Å²) in [5.74, 6) is -0.148. The van der Waals surface area contributed by atoms with Gasteiger partial charge in [0.1, 0.15) is 0 Å². The molecule has 0 aliphatic carbocycles. The third kappa shape index (κ3) is 3.06. The van der Waals surface area contributed by atoms with Gasteiger partial charge in [-0.05, 0) is 45.4 Å². The van der Waals surface area contributed by atoms with Gasteiger partial charge in [0, 0.05) is 17.9 Å². The third-order valence-electron chi connectivity index (χ3n) is 4.74. The van der Waals surface area contributed by atoms with Crippen LogP contribution in [0.3, 0.4) is 0 Å². The van der Waals surface area contributed by atoms with E-state index in [0.29, 0.717) is 6.54 Å². The van der Waals surface area contributed by atoms with E-state index in [1.807, 2.05) is 40.0 Å². The van der Waals surface area contributed by atoms with Gasteiger partial charge < -0.3 is 14.0 Å². The fraction of sp³-hybridized carbons (Fsp3) is 0.471. The van der Waals surface area contributed by atoms with Gasteiger partial charge in [0.2, 0.25) is 0 Å². The first kappa shape index (κ1) is 17.0. The Hall–Kier alpha value is -1.86. The fourth-order valence-corrected chi connectivity index (χ4v) is 2.56. The average molecular weight is 332 g/mol. The summed E-state index contributed by atoms with van der Waals surface area (Å²) < 4.78 is 32.5. The molecule has 3 rings (SSSR count). The van der Waals surface area contributed by atoms with Gasteiger partial charge in [-0.3, -0.25) is 4.68 Å². The van der Waals surface area contributed by atoms with Crippen molar-refractivity contribution >= 4 is 12.6 Å². The first-order chi connectivity index (χ1) is 11.2. The molecule has 1 fully saturated rings. The summed E-state index contributed by atoms with van der Waals surface area (Å²) in [6, 6.07) is 4.89. The van der Waals surface area contributed by atoms with Crippen molar-refractivity contribution in [1.29, 1.82) is 0 Å². The smallest absolute Gasteiger partial charge is 0.494 e. The van der Waals surface area contributed by atoms with Crippen LogP contribution >= 0.6 is 0 Å². The van der Waals surface area contributed by atoms with Crippen molar-refractivity contribution in [2.24, 2.45) is 0 Å². The number of nitrogens with zero attached hydrogens (tertiary/aromatic N) is 2. The third-order valence-corrected chi connectivity index (χ3v) is 4.74. The molecule has 1 aliphatic heterocycles. The van der Waals surface area contributed by atoms with Gasteiger partial charge in [0.05, 0.1) is 24.9 Å². The van der Waals surface area contributed by atoms with Gasteiger partial charge in [-0.15, -0.1) is 0 Å². The van der Waals surface area contributed by atoms with Gasteiger partial charge in [-0.25, -0.2) is 4.39 Å². The van der Waals surface area contributed by atoms with E-state index in [1.54, 1.807) is 16.9 Å². The van der Waals surface area contributed by atoms with E-state index >= 15 is 0 Å². The molecule has 2 heterocycles. The standard InChI is InChI=1S/C17H22BFN2O3/c1-16(2)17(3,4)24-18(23-16)13-9-20-21(11-13)10-12-6-7-15(22-5)14(19)8-12/h6-9,11H,10H2,1-5H3. The Morgan fingerprint density at radius 2 is 1.88 bits per heavy atom. The maximum absolute atomic E-state index is 13.8. The highest BCUT2D eigenvalue weighted by Gasteiger charge is 2.52. The van der Waals surface area contributed by atoms with Crippen LogP contribution in [0, 0.1) is 5.82 Å². The second-order valence-electron chi connectivity index (χ2n) is 7.03. The maximum Gasteiger partial charge on any atom is 0.498 e. The monoisotopic (exact) mass is 332 g/mol. The van der Waals surface area contributed by atoms with Crippen LogP contribution in [0.5, 0.6) is 5.75 Å². The topological polar surface area (TPSA) is 45.5 Å². The van der Waals surface area contributed by atoms with Crippen molar-refractivity contribution in [2.45, 2.75) is 45.4 Å². The summed E-state index contributed by atoms with van der Waals surface area (Å²) in [5.41, 5.74) is 0.872. The molecular formula is C17H22BFN2O3. The number of ether oxygens (including phenoxy) is 1. The largest absolute Gasteiger partial charge is 0.498 e.